The van der Waals surface area contributed by atoms with Crippen LogP contribution in [0.2, 0.25) is 0 Å². The van der Waals surface area contributed by atoms with Crippen LogP contribution in [0.5, 0.6) is 0 Å². The molecule has 2 heteroatoms. The van der Waals surface area contributed by atoms with Gasteiger partial charge in [0.1, 0.15) is 0 Å². The smallest absolute Gasteiger partial charge is 0.167 e. The summed E-state index contributed by atoms with van der Waals surface area (Å²) >= 11 is 0. The molecule has 0 N–H and O–H groups in total. The number of rotatable bonds is 8. The fourth-order valence-corrected chi connectivity index (χ4v) is 1.50. The van der Waals surface area contributed by atoms with Crippen LogP contribution >= 0.6 is 0 Å². The minimum Gasteiger partial charge on any atom is -0.350 e. The van der Waals surface area contributed by atoms with Crippen LogP contribution < -0.4 is 0 Å². The molecule has 0 aromatic carbocycles. The number of ether oxygens (including phenoxy) is 2. The van der Waals surface area contributed by atoms with Gasteiger partial charge in [-0.2, -0.15) is 0 Å². The SMILES string of the molecule is CCCOC(CC)(CCC)OCC. The Balaban J connectivity index is 4.07. The molecule has 0 rings (SSSR count). The number of hydrogen-bond acceptors (Lipinski definition) is 2. The molecular formula is C11H24O2. The molecule has 0 aromatic rings. The first-order valence-electron chi connectivity index (χ1n) is 5.52. The molecule has 0 saturated carbocycles. The Morgan fingerprint density at radius 1 is 0.923 bits per heavy atom. The summed E-state index contributed by atoms with van der Waals surface area (Å²) in [5, 5.41) is 0. The Morgan fingerprint density at radius 3 is 2.00 bits per heavy atom. The molecule has 0 heterocycles. The van der Waals surface area contributed by atoms with Crippen LogP contribution in [0.3, 0.4) is 0 Å². The molecule has 0 amide bonds. The monoisotopic (exact) mass is 188 g/mol. The third-order valence-corrected chi connectivity index (χ3v) is 2.15. The van der Waals surface area contributed by atoms with Crippen molar-refractivity contribution in [2.75, 3.05) is 13.2 Å². The van der Waals surface area contributed by atoms with Crippen LogP contribution in [0.15, 0.2) is 0 Å². The van der Waals surface area contributed by atoms with E-state index in [-0.39, 0.29) is 5.79 Å². The Morgan fingerprint density at radius 2 is 1.62 bits per heavy atom. The minimum absolute atomic E-state index is 0.306. The first-order chi connectivity index (χ1) is 6.24. The zero-order chi connectivity index (χ0) is 10.2. The average Bonchev–Trinajstić information content (AvgIpc) is 2.15. The molecule has 0 spiro atoms. The van der Waals surface area contributed by atoms with E-state index >= 15 is 0 Å². The van der Waals surface area contributed by atoms with E-state index in [1.165, 1.54) is 0 Å². The fraction of sp³-hybridized carbons (Fsp3) is 1.00. The molecule has 0 aromatic heterocycles. The highest BCUT2D eigenvalue weighted by Gasteiger charge is 2.27. The molecule has 0 fully saturated rings. The minimum atomic E-state index is -0.306. The van der Waals surface area contributed by atoms with Crippen molar-refractivity contribution in [1.82, 2.24) is 0 Å². The summed E-state index contributed by atoms with van der Waals surface area (Å²) in [5.41, 5.74) is 0. The maximum Gasteiger partial charge on any atom is 0.167 e. The van der Waals surface area contributed by atoms with Crippen molar-refractivity contribution >= 4 is 0 Å². The molecule has 0 aliphatic carbocycles. The lowest BCUT2D eigenvalue weighted by atomic mass is 10.1. The van der Waals surface area contributed by atoms with Crippen molar-refractivity contribution in [3.63, 3.8) is 0 Å². The molecule has 2 nitrogen and oxygen atoms in total. The molecule has 0 aliphatic rings. The molecule has 80 valence electrons. The quantitative estimate of drug-likeness (QED) is 0.544. The van der Waals surface area contributed by atoms with Gasteiger partial charge >= 0.3 is 0 Å². The normalized spacial score (nSPS) is 15.7. The van der Waals surface area contributed by atoms with Crippen LogP contribution in [0.4, 0.5) is 0 Å². The molecule has 0 radical (unpaired) electrons. The van der Waals surface area contributed by atoms with Gasteiger partial charge in [-0.1, -0.05) is 27.2 Å². The maximum atomic E-state index is 5.79. The predicted octanol–water partition coefficient (Wildman–Crippen LogP) is 3.36. The van der Waals surface area contributed by atoms with Crippen molar-refractivity contribution < 1.29 is 9.47 Å². The van der Waals surface area contributed by atoms with E-state index in [2.05, 4.69) is 20.8 Å². The standard InChI is InChI=1S/C11H24O2/c1-5-9-11(7-3,12-8-4)13-10-6-2/h5-10H2,1-4H3. The topological polar surface area (TPSA) is 18.5 Å². The van der Waals surface area contributed by atoms with Crippen LogP contribution in [-0.4, -0.2) is 19.0 Å². The number of hydrogen-bond donors (Lipinski definition) is 0. The van der Waals surface area contributed by atoms with Crippen molar-refractivity contribution in [2.24, 2.45) is 0 Å². The second-order valence-electron chi connectivity index (χ2n) is 3.30. The predicted molar refractivity (Wildman–Crippen MR) is 55.8 cm³/mol. The van der Waals surface area contributed by atoms with Gasteiger partial charge in [0.2, 0.25) is 0 Å². The van der Waals surface area contributed by atoms with Gasteiger partial charge in [0.25, 0.3) is 0 Å². The van der Waals surface area contributed by atoms with E-state index < -0.39 is 0 Å². The van der Waals surface area contributed by atoms with E-state index in [4.69, 9.17) is 9.47 Å². The highest BCUT2D eigenvalue weighted by molar-refractivity contribution is 4.67. The molecule has 0 saturated heterocycles. The van der Waals surface area contributed by atoms with Crippen molar-refractivity contribution in [2.45, 2.75) is 59.2 Å². The second-order valence-corrected chi connectivity index (χ2v) is 3.30. The van der Waals surface area contributed by atoms with Crippen molar-refractivity contribution in [3.05, 3.63) is 0 Å². The van der Waals surface area contributed by atoms with Gasteiger partial charge in [-0.3, -0.25) is 0 Å². The summed E-state index contributed by atoms with van der Waals surface area (Å²) in [7, 11) is 0. The van der Waals surface area contributed by atoms with Gasteiger partial charge in [-0.05, 0) is 19.8 Å². The van der Waals surface area contributed by atoms with Crippen LogP contribution in [0.25, 0.3) is 0 Å². The van der Waals surface area contributed by atoms with E-state index in [0.717, 1.165) is 38.9 Å². The Labute approximate surface area is 82.6 Å². The Kier molecular flexibility index (Phi) is 7.29. The van der Waals surface area contributed by atoms with Gasteiger partial charge in [-0.25, -0.2) is 0 Å². The Bertz CT molecular complexity index is 107. The lowest BCUT2D eigenvalue weighted by Gasteiger charge is -2.32. The summed E-state index contributed by atoms with van der Waals surface area (Å²) in [5.74, 6) is -0.306. The van der Waals surface area contributed by atoms with Crippen LogP contribution in [0.1, 0.15) is 53.4 Å². The van der Waals surface area contributed by atoms with Crippen LogP contribution in [-0.2, 0) is 9.47 Å². The summed E-state index contributed by atoms with van der Waals surface area (Å²) < 4.78 is 11.5. The van der Waals surface area contributed by atoms with Crippen LogP contribution in [0, 0.1) is 0 Å². The van der Waals surface area contributed by atoms with Gasteiger partial charge in [0, 0.05) is 19.6 Å². The van der Waals surface area contributed by atoms with E-state index in [9.17, 15) is 0 Å². The Hall–Kier alpha value is -0.0800. The average molecular weight is 188 g/mol. The molecule has 1 atom stereocenters. The zero-order valence-corrected chi connectivity index (χ0v) is 9.56. The molecule has 0 bridgehead atoms. The second kappa shape index (κ2) is 7.34. The molecule has 0 aliphatic heterocycles. The summed E-state index contributed by atoms with van der Waals surface area (Å²) in [6, 6.07) is 0. The molecule has 13 heavy (non-hydrogen) atoms. The largest absolute Gasteiger partial charge is 0.350 e. The van der Waals surface area contributed by atoms with E-state index in [0.29, 0.717) is 0 Å². The third kappa shape index (κ3) is 4.63. The van der Waals surface area contributed by atoms with Gasteiger partial charge in [0.15, 0.2) is 5.79 Å². The fourth-order valence-electron chi connectivity index (χ4n) is 1.50. The highest BCUT2D eigenvalue weighted by atomic mass is 16.7. The van der Waals surface area contributed by atoms with Crippen molar-refractivity contribution in [3.8, 4) is 0 Å². The first-order valence-corrected chi connectivity index (χ1v) is 5.52. The summed E-state index contributed by atoms with van der Waals surface area (Å²) in [6.07, 6.45) is 4.10. The lowest BCUT2D eigenvalue weighted by Crippen LogP contribution is -2.35. The van der Waals surface area contributed by atoms with E-state index in [1.807, 2.05) is 6.92 Å². The van der Waals surface area contributed by atoms with E-state index in [1.54, 1.807) is 0 Å². The molecular weight excluding hydrogens is 164 g/mol. The molecule has 1 unspecified atom stereocenters. The van der Waals surface area contributed by atoms with Gasteiger partial charge < -0.3 is 9.47 Å². The maximum absolute atomic E-state index is 5.79. The lowest BCUT2D eigenvalue weighted by molar-refractivity contribution is -0.240. The summed E-state index contributed by atoms with van der Waals surface area (Å²) in [4.78, 5) is 0. The van der Waals surface area contributed by atoms with Crippen molar-refractivity contribution in [1.29, 1.82) is 0 Å². The third-order valence-electron chi connectivity index (χ3n) is 2.15. The zero-order valence-electron chi connectivity index (χ0n) is 9.56. The van der Waals surface area contributed by atoms with Gasteiger partial charge in [0.05, 0.1) is 0 Å². The first kappa shape index (κ1) is 12.9. The highest BCUT2D eigenvalue weighted by Crippen LogP contribution is 2.24. The van der Waals surface area contributed by atoms with Gasteiger partial charge in [-0.15, -0.1) is 0 Å². The summed E-state index contributed by atoms with van der Waals surface area (Å²) in [6.45, 7) is 9.97.